The van der Waals surface area contributed by atoms with E-state index in [-0.39, 0.29) is 34.2 Å². The molecule has 0 aliphatic carbocycles. The van der Waals surface area contributed by atoms with E-state index in [2.05, 4.69) is 5.32 Å². The molecule has 0 bridgehead atoms. The van der Waals surface area contributed by atoms with E-state index in [9.17, 15) is 14.4 Å². The zero-order valence-electron chi connectivity index (χ0n) is 18.0. The molecular formula is C25H17Cl3N2O4S. The Hall–Kier alpha value is -2.97. The van der Waals surface area contributed by atoms with Gasteiger partial charge in [-0.15, -0.1) is 0 Å². The predicted octanol–water partition coefficient (Wildman–Crippen LogP) is 6.90. The number of anilines is 1. The van der Waals surface area contributed by atoms with Crippen LogP contribution in [0.1, 0.15) is 11.1 Å². The summed E-state index contributed by atoms with van der Waals surface area (Å²) < 4.78 is 5.51. The summed E-state index contributed by atoms with van der Waals surface area (Å²) in [5.41, 5.74) is 1.88. The fourth-order valence-electron chi connectivity index (χ4n) is 3.18. The molecule has 0 radical (unpaired) electrons. The Labute approximate surface area is 220 Å². The molecule has 178 valence electrons. The molecule has 3 aromatic carbocycles. The molecule has 1 fully saturated rings. The second-order valence-electron chi connectivity index (χ2n) is 7.39. The molecule has 3 aromatic rings. The van der Waals surface area contributed by atoms with Gasteiger partial charge in [-0.25, -0.2) is 0 Å². The number of carbonyl (C=O) groups excluding carboxylic acids is 3. The van der Waals surface area contributed by atoms with E-state index < -0.39 is 5.91 Å². The highest BCUT2D eigenvalue weighted by molar-refractivity contribution is 8.18. The molecule has 10 heteroatoms. The van der Waals surface area contributed by atoms with Crippen molar-refractivity contribution in [2.24, 2.45) is 0 Å². The summed E-state index contributed by atoms with van der Waals surface area (Å²) in [6.07, 6.45) is 1.58. The van der Waals surface area contributed by atoms with E-state index in [4.69, 9.17) is 39.5 Å². The quantitative estimate of drug-likeness (QED) is 0.326. The van der Waals surface area contributed by atoms with Crippen LogP contribution in [0.25, 0.3) is 6.08 Å². The SMILES string of the molecule is O=C(COc1ccc(/C=C2\SC(=O)N(Cc3ccccc3Cl)C2=O)cc1Cl)Nc1ccc(Cl)cc1. The van der Waals surface area contributed by atoms with Gasteiger partial charge in [0.1, 0.15) is 5.75 Å². The van der Waals surface area contributed by atoms with Crippen LogP contribution in [0.4, 0.5) is 10.5 Å². The van der Waals surface area contributed by atoms with Crippen LogP contribution in [0.2, 0.25) is 15.1 Å². The topological polar surface area (TPSA) is 75.7 Å². The smallest absolute Gasteiger partial charge is 0.293 e. The number of rotatable bonds is 7. The highest BCUT2D eigenvalue weighted by atomic mass is 35.5. The third-order valence-corrected chi connectivity index (χ3v) is 6.72. The number of nitrogens with zero attached hydrogens (tertiary/aromatic N) is 1. The Balaban J connectivity index is 1.39. The van der Waals surface area contributed by atoms with Crippen LogP contribution in [0.5, 0.6) is 5.75 Å². The molecule has 35 heavy (non-hydrogen) atoms. The molecule has 0 saturated carbocycles. The maximum Gasteiger partial charge on any atom is 0.293 e. The molecule has 1 aliphatic rings. The number of halogens is 3. The molecule has 0 spiro atoms. The molecule has 1 N–H and O–H groups in total. The third-order valence-electron chi connectivity index (χ3n) is 4.90. The molecule has 6 nitrogen and oxygen atoms in total. The van der Waals surface area contributed by atoms with Crippen LogP contribution in [0.3, 0.4) is 0 Å². The van der Waals surface area contributed by atoms with Gasteiger partial charge in [-0.05, 0) is 71.4 Å². The monoisotopic (exact) mass is 546 g/mol. The van der Waals surface area contributed by atoms with Crippen LogP contribution < -0.4 is 10.1 Å². The van der Waals surface area contributed by atoms with Crippen molar-refractivity contribution < 1.29 is 19.1 Å². The maximum absolute atomic E-state index is 12.8. The highest BCUT2D eigenvalue weighted by Gasteiger charge is 2.35. The molecule has 3 amide bonds. The summed E-state index contributed by atoms with van der Waals surface area (Å²) in [4.78, 5) is 38.8. The summed E-state index contributed by atoms with van der Waals surface area (Å²) in [7, 11) is 0. The molecule has 0 aromatic heterocycles. The van der Waals surface area contributed by atoms with Crippen molar-refractivity contribution in [2.45, 2.75) is 6.54 Å². The lowest BCUT2D eigenvalue weighted by atomic mass is 10.2. The molecule has 4 rings (SSSR count). The number of ether oxygens (including phenoxy) is 1. The first-order valence-electron chi connectivity index (χ1n) is 10.3. The summed E-state index contributed by atoms with van der Waals surface area (Å²) in [5, 5.41) is 3.63. The summed E-state index contributed by atoms with van der Waals surface area (Å²) in [6.45, 7) is -0.157. The number of hydrogen-bond donors (Lipinski definition) is 1. The Kier molecular flexibility index (Phi) is 8.03. The number of hydrogen-bond acceptors (Lipinski definition) is 5. The zero-order valence-corrected chi connectivity index (χ0v) is 21.0. The van der Waals surface area contributed by atoms with Crippen molar-refractivity contribution in [1.29, 1.82) is 0 Å². The van der Waals surface area contributed by atoms with E-state index >= 15 is 0 Å². The highest BCUT2D eigenvalue weighted by Crippen LogP contribution is 2.35. The Morgan fingerprint density at radius 2 is 1.71 bits per heavy atom. The minimum atomic E-state index is -0.407. The molecular weight excluding hydrogens is 531 g/mol. The van der Waals surface area contributed by atoms with E-state index in [1.54, 1.807) is 72.8 Å². The van der Waals surface area contributed by atoms with E-state index in [1.165, 1.54) is 0 Å². The zero-order chi connectivity index (χ0) is 24.9. The Bertz CT molecular complexity index is 1330. The fraction of sp³-hybridized carbons (Fsp3) is 0.0800. The second-order valence-corrected chi connectivity index (χ2v) is 9.64. The minimum absolute atomic E-state index is 0.0906. The van der Waals surface area contributed by atoms with Crippen molar-refractivity contribution in [3.63, 3.8) is 0 Å². The summed E-state index contributed by atoms with van der Waals surface area (Å²) in [6, 6.07) is 18.6. The number of benzene rings is 3. The van der Waals surface area contributed by atoms with E-state index in [0.29, 0.717) is 32.6 Å². The molecule has 1 aliphatic heterocycles. The third kappa shape index (κ3) is 6.38. The number of nitrogens with one attached hydrogen (secondary N) is 1. The number of amides is 3. The van der Waals surface area contributed by atoms with Gasteiger partial charge in [0.15, 0.2) is 6.61 Å². The average Bonchev–Trinajstić information content (AvgIpc) is 3.08. The lowest BCUT2D eigenvalue weighted by molar-refractivity contribution is -0.123. The maximum atomic E-state index is 12.8. The Morgan fingerprint density at radius 3 is 2.43 bits per heavy atom. The fourth-order valence-corrected chi connectivity index (χ4v) is 4.59. The van der Waals surface area contributed by atoms with E-state index in [1.807, 2.05) is 0 Å². The molecule has 0 unspecified atom stereocenters. The largest absolute Gasteiger partial charge is 0.482 e. The van der Waals surface area contributed by atoms with Crippen molar-refractivity contribution in [3.8, 4) is 5.75 Å². The van der Waals surface area contributed by atoms with Gasteiger partial charge in [-0.2, -0.15) is 0 Å². The first kappa shape index (κ1) is 25.1. The van der Waals surface area contributed by atoms with Gasteiger partial charge >= 0.3 is 0 Å². The summed E-state index contributed by atoms with van der Waals surface area (Å²) in [5.74, 6) is -0.461. The van der Waals surface area contributed by atoms with E-state index in [0.717, 1.165) is 16.7 Å². The molecule has 1 heterocycles. The van der Waals surface area contributed by atoms with Gasteiger partial charge < -0.3 is 10.1 Å². The molecule has 0 atom stereocenters. The van der Waals surface area contributed by atoms with Crippen LogP contribution in [0.15, 0.2) is 71.6 Å². The van der Waals surface area contributed by atoms with Crippen molar-refractivity contribution in [1.82, 2.24) is 4.90 Å². The van der Waals surface area contributed by atoms with Crippen LogP contribution in [-0.4, -0.2) is 28.6 Å². The van der Waals surface area contributed by atoms with Crippen molar-refractivity contribution in [2.75, 3.05) is 11.9 Å². The number of carbonyl (C=O) groups is 3. The normalized spacial score (nSPS) is 14.5. The van der Waals surface area contributed by atoms with Gasteiger partial charge in [0.25, 0.3) is 17.1 Å². The van der Waals surface area contributed by atoms with Gasteiger partial charge in [0.2, 0.25) is 0 Å². The first-order chi connectivity index (χ1) is 16.8. The Morgan fingerprint density at radius 1 is 0.971 bits per heavy atom. The van der Waals surface area contributed by atoms with Crippen LogP contribution >= 0.6 is 46.6 Å². The predicted molar refractivity (Wildman–Crippen MR) is 140 cm³/mol. The average molecular weight is 548 g/mol. The van der Waals surface area contributed by atoms with Crippen molar-refractivity contribution in [3.05, 3.63) is 97.8 Å². The standard InChI is InChI=1S/C25H17Cl3N2O4S/c26-17-6-8-18(9-7-17)29-23(31)14-34-21-10-5-15(11-20(21)28)12-22-24(32)30(25(33)35-22)13-16-3-1-2-4-19(16)27/h1-12H,13-14H2,(H,29,31)/b22-12-. The van der Waals surface area contributed by atoms with Crippen LogP contribution in [0, 0.1) is 0 Å². The molecule has 1 saturated heterocycles. The second kappa shape index (κ2) is 11.2. The first-order valence-corrected chi connectivity index (χ1v) is 12.2. The lowest BCUT2D eigenvalue weighted by Crippen LogP contribution is -2.27. The van der Waals surface area contributed by atoms with Gasteiger partial charge in [0, 0.05) is 15.7 Å². The summed E-state index contributed by atoms with van der Waals surface area (Å²) >= 11 is 19.2. The number of thioether (sulfide) groups is 1. The van der Waals surface area contributed by atoms with Gasteiger partial charge in [-0.1, -0.05) is 59.1 Å². The van der Waals surface area contributed by atoms with Gasteiger partial charge in [0.05, 0.1) is 16.5 Å². The van der Waals surface area contributed by atoms with Crippen LogP contribution in [-0.2, 0) is 16.1 Å². The lowest BCUT2D eigenvalue weighted by Gasteiger charge is -2.13. The number of imide groups is 1. The van der Waals surface area contributed by atoms with Crippen molar-refractivity contribution >= 4 is 75.4 Å². The van der Waals surface area contributed by atoms with Gasteiger partial charge in [-0.3, -0.25) is 19.3 Å². The minimum Gasteiger partial charge on any atom is -0.482 e.